The maximum Gasteiger partial charge on any atom is 0.0899 e. The Hall–Kier alpha value is -1.42. The van der Waals surface area contributed by atoms with E-state index >= 15 is 0 Å². The van der Waals surface area contributed by atoms with Gasteiger partial charge in [0, 0.05) is 30.9 Å². The van der Waals surface area contributed by atoms with Gasteiger partial charge in [0.05, 0.1) is 8.03 Å². The van der Waals surface area contributed by atoms with E-state index in [9.17, 15) is 0 Å². The summed E-state index contributed by atoms with van der Waals surface area (Å²) in [4.78, 5) is 0. The van der Waals surface area contributed by atoms with Crippen LogP contribution < -0.4 is 0 Å². The third-order valence-electron chi connectivity index (χ3n) is 5.79. The first kappa shape index (κ1) is 18.6. The van der Waals surface area contributed by atoms with Gasteiger partial charge < -0.3 is 0 Å². The van der Waals surface area contributed by atoms with E-state index in [-0.39, 0.29) is 0 Å². The third kappa shape index (κ3) is 3.28. The molecule has 3 heteroatoms. The minimum Gasteiger partial charge on any atom is -0.124 e. The summed E-state index contributed by atoms with van der Waals surface area (Å²) in [7, 11) is 0. The molecule has 0 unspecified atom stereocenters. The Kier molecular flexibility index (Phi) is 5.17. The second-order valence-corrected chi connectivity index (χ2v) is 11.6. The fraction of sp³-hybridized carbons (Fsp3) is 0.360. The monoisotopic (exact) mass is 422 g/mol. The van der Waals surface area contributed by atoms with Crippen LogP contribution in [0.15, 0.2) is 36.4 Å². The van der Waals surface area contributed by atoms with E-state index in [0.717, 1.165) is 0 Å². The predicted molar refractivity (Wildman–Crippen MR) is 132 cm³/mol. The Morgan fingerprint density at radius 3 is 2.07 bits per heavy atom. The van der Waals surface area contributed by atoms with Crippen LogP contribution in [-0.2, 0) is 6.42 Å². The summed E-state index contributed by atoms with van der Waals surface area (Å²) >= 11 is 5.95. The van der Waals surface area contributed by atoms with E-state index < -0.39 is 0 Å². The summed E-state index contributed by atoms with van der Waals surface area (Å²) in [6.07, 6.45) is 9.45. The minimum atomic E-state index is 1.23. The van der Waals surface area contributed by atoms with Gasteiger partial charge in [0.15, 0.2) is 0 Å². The SMILES string of the molecule is CCCCCCCCc1ccc2c(c1)sc1sc3sc4cc(C)ccc4c3c12. The number of benzene rings is 2. The molecule has 144 valence electrons. The van der Waals surface area contributed by atoms with Crippen LogP contribution in [-0.4, -0.2) is 0 Å². The van der Waals surface area contributed by atoms with Gasteiger partial charge in [0.1, 0.15) is 0 Å². The molecular formula is C25H26S3. The minimum absolute atomic E-state index is 1.23. The predicted octanol–water partition coefficient (Wildman–Crippen LogP) is 9.70. The molecule has 0 amide bonds. The molecular weight excluding hydrogens is 396 g/mol. The van der Waals surface area contributed by atoms with Crippen LogP contribution in [0, 0.1) is 6.92 Å². The normalized spacial score (nSPS) is 12.2. The van der Waals surface area contributed by atoms with Crippen molar-refractivity contribution in [3.05, 3.63) is 47.5 Å². The van der Waals surface area contributed by atoms with Crippen LogP contribution >= 0.6 is 34.0 Å². The van der Waals surface area contributed by atoms with Crippen LogP contribution in [0.2, 0.25) is 0 Å². The van der Waals surface area contributed by atoms with E-state index in [1.54, 1.807) is 0 Å². The Morgan fingerprint density at radius 1 is 0.679 bits per heavy atom. The quantitative estimate of drug-likeness (QED) is 0.229. The van der Waals surface area contributed by atoms with E-state index in [0.29, 0.717) is 0 Å². The Balaban J connectivity index is 1.47. The van der Waals surface area contributed by atoms with E-state index in [1.165, 1.54) is 95.0 Å². The Morgan fingerprint density at radius 2 is 1.32 bits per heavy atom. The number of hydrogen-bond acceptors (Lipinski definition) is 3. The van der Waals surface area contributed by atoms with Crippen LogP contribution in [0.1, 0.15) is 56.6 Å². The second-order valence-electron chi connectivity index (χ2n) is 7.98. The lowest BCUT2D eigenvalue weighted by Gasteiger charge is -2.02. The highest BCUT2D eigenvalue weighted by Crippen LogP contribution is 2.50. The number of thiophene rings is 3. The van der Waals surface area contributed by atoms with Crippen LogP contribution in [0.4, 0.5) is 0 Å². The Bertz CT molecular complexity index is 1270. The topological polar surface area (TPSA) is 0 Å². The van der Waals surface area contributed by atoms with Crippen molar-refractivity contribution < 1.29 is 0 Å². The summed E-state index contributed by atoms with van der Waals surface area (Å²) in [6, 6.07) is 14.2. The molecule has 0 radical (unpaired) electrons. The number of aryl methyl sites for hydroxylation is 2. The molecule has 0 aliphatic rings. The summed E-state index contributed by atoms with van der Waals surface area (Å²) in [5, 5.41) is 5.89. The molecule has 0 bridgehead atoms. The Labute approximate surface area is 178 Å². The molecule has 0 aliphatic heterocycles. The van der Waals surface area contributed by atoms with Gasteiger partial charge in [0.2, 0.25) is 0 Å². The summed E-state index contributed by atoms with van der Waals surface area (Å²) in [5.74, 6) is 0. The molecule has 0 spiro atoms. The third-order valence-corrected chi connectivity index (χ3v) is 9.46. The molecule has 0 saturated carbocycles. The molecule has 5 rings (SSSR count). The van der Waals surface area contributed by atoms with Gasteiger partial charge in [0.25, 0.3) is 0 Å². The fourth-order valence-corrected chi connectivity index (χ4v) is 8.64. The molecule has 2 aromatic carbocycles. The molecule has 0 nitrogen and oxygen atoms in total. The zero-order valence-electron chi connectivity index (χ0n) is 16.6. The van der Waals surface area contributed by atoms with Gasteiger partial charge in [-0.25, -0.2) is 0 Å². The van der Waals surface area contributed by atoms with Gasteiger partial charge in [-0.15, -0.1) is 34.0 Å². The summed E-state index contributed by atoms with van der Waals surface area (Å²) < 4.78 is 5.88. The number of rotatable bonds is 7. The highest BCUT2D eigenvalue weighted by molar-refractivity contribution is 7.52. The van der Waals surface area contributed by atoms with Crippen molar-refractivity contribution in [2.45, 2.75) is 58.8 Å². The zero-order chi connectivity index (χ0) is 19.1. The maximum absolute atomic E-state index is 2.46. The maximum atomic E-state index is 2.46. The molecule has 0 fully saturated rings. The molecule has 5 aromatic rings. The molecule has 3 aromatic heterocycles. The van der Waals surface area contributed by atoms with E-state index in [2.05, 4.69) is 50.2 Å². The van der Waals surface area contributed by atoms with Gasteiger partial charge in [-0.3, -0.25) is 0 Å². The lowest BCUT2D eigenvalue weighted by Crippen LogP contribution is -1.86. The number of unbranched alkanes of at least 4 members (excludes halogenated alkanes) is 5. The van der Waals surface area contributed by atoms with E-state index in [1.807, 2.05) is 34.0 Å². The molecule has 3 heterocycles. The first-order valence-corrected chi connectivity index (χ1v) is 13.0. The van der Waals surface area contributed by atoms with Crippen molar-refractivity contribution in [2.24, 2.45) is 0 Å². The first-order valence-electron chi connectivity index (χ1n) is 10.5. The smallest absolute Gasteiger partial charge is 0.0899 e. The highest BCUT2D eigenvalue weighted by atomic mass is 32.2. The number of hydrogen-bond donors (Lipinski definition) is 0. The molecule has 28 heavy (non-hydrogen) atoms. The van der Waals surface area contributed by atoms with Gasteiger partial charge in [-0.05, 0) is 43.0 Å². The summed E-state index contributed by atoms with van der Waals surface area (Å²) in [5.41, 5.74) is 2.87. The average molecular weight is 423 g/mol. The lowest BCUT2D eigenvalue weighted by molar-refractivity contribution is 0.607. The lowest BCUT2D eigenvalue weighted by atomic mass is 10.0. The molecule has 0 saturated heterocycles. The van der Waals surface area contributed by atoms with Crippen molar-refractivity contribution in [1.29, 1.82) is 0 Å². The molecule has 0 aliphatic carbocycles. The van der Waals surface area contributed by atoms with Gasteiger partial charge >= 0.3 is 0 Å². The van der Waals surface area contributed by atoms with Crippen molar-refractivity contribution >= 4 is 73.0 Å². The first-order chi connectivity index (χ1) is 13.7. The average Bonchev–Trinajstić information content (AvgIpc) is 3.30. The molecule has 0 N–H and O–H groups in total. The van der Waals surface area contributed by atoms with Crippen molar-refractivity contribution in [3.8, 4) is 0 Å². The van der Waals surface area contributed by atoms with Crippen molar-refractivity contribution in [2.75, 3.05) is 0 Å². The standard InChI is InChI=1S/C25H26S3/c1-3-4-5-6-7-8-9-17-11-13-19-21(15-17)27-25-23(19)22-18-12-10-16(2)14-20(18)26-24(22)28-25/h10-15H,3-9H2,1-2H3. The van der Waals surface area contributed by atoms with Gasteiger partial charge in [-0.2, -0.15) is 0 Å². The van der Waals surface area contributed by atoms with E-state index in [4.69, 9.17) is 0 Å². The largest absolute Gasteiger partial charge is 0.124 e. The zero-order valence-corrected chi connectivity index (χ0v) is 19.1. The fourth-order valence-electron chi connectivity index (χ4n) is 4.27. The van der Waals surface area contributed by atoms with Crippen molar-refractivity contribution in [1.82, 2.24) is 0 Å². The van der Waals surface area contributed by atoms with Crippen molar-refractivity contribution in [3.63, 3.8) is 0 Å². The van der Waals surface area contributed by atoms with Gasteiger partial charge in [-0.1, -0.05) is 63.3 Å². The van der Waals surface area contributed by atoms with Crippen LogP contribution in [0.3, 0.4) is 0 Å². The second kappa shape index (κ2) is 7.78. The van der Waals surface area contributed by atoms with Crippen LogP contribution in [0.5, 0.6) is 0 Å². The van der Waals surface area contributed by atoms with Crippen LogP contribution in [0.25, 0.3) is 39.0 Å². The molecule has 0 atom stereocenters. The highest BCUT2D eigenvalue weighted by Gasteiger charge is 2.17. The number of fused-ring (bicyclic) bond motifs is 7. The summed E-state index contributed by atoms with van der Waals surface area (Å²) in [6.45, 7) is 4.48.